The molecule has 1 aliphatic heterocycles. The highest BCUT2D eigenvalue weighted by Gasteiger charge is 2.33. The average molecular weight is 299 g/mol. The average Bonchev–Trinajstić information content (AvgIpc) is 2.39. The molecule has 1 unspecified atom stereocenters. The number of hydrogen-bond donors (Lipinski definition) is 2. The standard InChI is InChI=1S/C14H25N3O4/c1-4-7-21-13(19)8-11-14(20)15-5-6-17(11)9-12(18)16-10(2)3/h10-11H,4-9H2,1-3H3,(H,15,20)(H,16,18). The quantitative estimate of drug-likeness (QED) is 0.628. The number of nitrogens with zero attached hydrogens (tertiary/aromatic N) is 1. The Labute approximate surface area is 125 Å². The number of amides is 2. The second kappa shape index (κ2) is 8.61. The molecule has 21 heavy (non-hydrogen) atoms. The first-order valence-corrected chi connectivity index (χ1v) is 7.40. The van der Waals surface area contributed by atoms with Gasteiger partial charge in [0.25, 0.3) is 0 Å². The van der Waals surface area contributed by atoms with Crippen LogP contribution in [0.2, 0.25) is 0 Å². The Balaban J connectivity index is 2.59. The van der Waals surface area contributed by atoms with E-state index in [-0.39, 0.29) is 30.8 Å². The summed E-state index contributed by atoms with van der Waals surface area (Å²) in [6.07, 6.45) is 0.712. The van der Waals surface area contributed by atoms with E-state index in [1.165, 1.54) is 0 Å². The summed E-state index contributed by atoms with van der Waals surface area (Å²) in [7, 11) is 0. The van der Waals surface area contributed by atoms with Crippen molar-refractivity contribution in [2.45, 2.75) is 45.7 Å². The molecule has 2 amide bonds. The third kappa shape index (κ3) is 6.12. The lowest BCUT2D eigenvalue weighted by molar-refractivity contribution is -0.149. The molecule has 2 N–H and O–H groups in total. The number of ether oxygens (including phenoxy) is 1. The summed E-state index contributed by atoms with van der Waals surface area (Å²) >= 11 is 0. The van der Waals surface area contributed by atoms with Gasteiger partial charge in [-0.25, -0.2) is 0 Å². The number of esters is 1. The Morgan fingerprint density at radius 1 is 1.48 bits per heavy atom. The fourth-order valence-electron chi connectivity index (χ4n) is 2.16. The predicted octanol–water partition coefficient (Wildman–Crippen LogP) is -0.345. The van der Waals surface area contributed by atoms with Crippen LogP contribution in [0, 0.1) is 0 Å². The first kappa shape index (κ1) is 17.4. The van der Waals surface area contributed by atoms with Crippen molar-refractivity contribution in [1.29, 1.82) is 0 Å². The molecule has 0 saturated carbocycles. The molecule has 0 aromatic heterocycles. The molecule has 1 aliphatic rings. The minimum Gasteiger partial charge on any atom is -0.466 e. The smallest absolute Gasteiger partial charge is 0.307 e. The number of rotatable bonds is 7. The number of piperazine rings is 1. The van der Waals surface area contributed by atoms with Gasteiger partial charge in [0.1, 0.15) is 6.04 Å². The lowest BCUT2D eigenvalue weighted by Gasteiger charge is -2.34. The molecule has 7 nitrogen and oxygen atoms in total. The van der Waals surface area contributed by atoms with Crippen LogP contribution in [-0.4, -0.2) is 61.0 Å². The maximum atomic E-state index is 11.9. The summed E-state index contributed by atoms with van der Waals surface area (Å²) in [6, 6.07) is -0.592. The Morgan fingerprint density at radius 2 is 2.19 bits per heavy atom. The Morgan fingerprint density at radius 3 is 2.81 bits per heavy atom. The van der Waals surface area contributed by atoms with E-state index >= 15 is 0 Å². The summed E-state index contributed by atoms with van der Waals surface area (Å²) in [4.78, 5) is 37.2. The Hall–Kier alpha value is -1.63. The topological polar surface area (TPSA) is 87.7 Å². The lowest BCUT2D eigenvalue weighted by atomic mass is 10.1. The van der Waals surface area contributed by atoms with Crippen LogP contribution in [0.1, 0.15) is 33.6 Å². The first-order valence-electron chi connectivity index (χ1n) is 7.40. The van der Waals surface area contributed by atoms with E-state index in [9.17, 15) is 14.4 Å². The largest absolute Gasteiger partial charge is 0.466 e. The summed E-state index contributed by atoms with van der Waals surface area (Å²) in [5.41, 5.74) is 0. The number of carbonyl (C=O) groups excluding carboxylic acids is 3. The zero-order valence-electron chi connectivity index (χ0n) is 13.0. The molecule has 1 heterocycles. The van der Waals surface area contributed by atoms with Gasteiger partial charge >= 0.3 is 5.97 Å². The molecule has 1 rings (SSSR count). The van der Waals surface area contributed by atoms with Gasteiger partial charge in [-0.2, -0.15) is 0 Å². The normalized spacial score (nSPS) is 19.2. The Bertz CT molecular complexity index is 384. The van der Waals surface area contributed by atoms with Crippen molar-refractivity contribution in [2.24, 2.45) is 0 Å². The molecule has 1 fully saturated rings. The number of carbonyl (C=O) groups is 3. The van der Waals surface area contributed by atoms with Gasteiger partial charge in [-0.05, 0) is 20.3 Å². The van der Waals surface area contributed by atoms with Crippen molar-refractivity contribution in [1.82, 2.24) is 15.5 Å². The molecule has 0 radical (unpaired) electrons. The zero-order chi connectivity index (χ0) is 15.8. The highest BCUT2D eigenvalue weighted by Crippen LogP contribution is 2.10. The lowest BCUT2D eigenvalue weighted by Crippen LogP contribution is -2.58. The first-order chi connectivity index (χ1) is 9.93. The van der Waals surface area contributed by atoms with Crippen LogP contribution in [0.15, 0.2) is 0 Å². The predicted molar refractivity (Wildman–Crippen MR) is 77.5 cm³/mol. The second-order valence-electron chi connectivity index (χ2n) is 5.42. The molecule has 0 bridgehead atoms. The summed E-state index contributed by atoms with van der Waals surface area (Å²) in [5, 5.41) is 5.50. The second-order valence-corrected chi connectivity index (χ2v) is 5.42. The van der Waals surface area contributed by atoms with Crippen molar-refractivity contribution in [3.8, 4) is 0 Å². The maximum Gasteiger partial charge on any atom is 0.307 e. The van der Waals surface area contributed by atoms with Gasteiger partial charge in [-0.1, -0.05) is 6.92 Å². The SMILES string of the molecule is CCCOC(=O)CC1C(=O)NCCN1CC(=O)NC(C)C. The van der Waals surface area contributed by atoms with Crippen LogP contribution >= 0.6 is 0 Å². The van der Waals surface area contributed by atoms with Crippen molar-refractivity contribution >= 4 is 17.8 Å². The van der Waals surface area contributed by atoms with Gasteiger partial charge in [0.15, 0.2) is 0 Å². The fourth-order valence-corrected chi connectivity index (χ4v) is 2.16. The third-order valence-electron chi connectivity index (χ3n) is 3.07. The molecule has 7 heteroatoms. The van der Waals surface area contributed by atoms with Gasteiger partial charge in [-0.3, -0.25) is 19.3 Å². The van der Waals surface area contributed by atoms with E-state index in [1.807, 2.05) is 20.8 Å². The highest BCUT2D eigenvalue weighted by molar-refractivity contribution is 5.88. The Kier molecular flexibility index (Phi) is 7.14. The molecule has 0 aromatic rings. The van der Waals surface area contributed by atoms with Crippen molar-refractivity contribution in [2.75, 3.05) is 26.2 Å². The molecule has 0 spiro atoms. The van der Waals surface area contributed by atoms with Crippen LogP contribution in [0.3, 0.4) is 0 Å². The van der Waals surface area contributed by atoms with Crippen molar-refractivity contribution in [3.05, 3.63) is 0 Å². The molecule has 0 aromatic carbocycles. The van der Waals surface area contributed by atoms with Crippen LogP contribution in [0.4, 0.5) is 0 Å². The van der Waals surface area contributed by atoms with Crippen LogP contribution in [0.5, 0.6) is 0 Å². The monoisotopic (exact) mass is 299 g/mol. The third-order valence-corrected chi connectivity index (χ3v) is 3.07. The van der Waals surface area contributed by atoms with Crippen LogP contribution in [0.25, 0.3) is 0 Å². The molecule has 1 atom stereocenters. The molecule has 0 aliphatic carbocycles. The van der Waals surface area contributed by atoms with Gasteiger partial charge in [0.05, 0.1) is 19.6 Å². The van der Waals surface area contributed by atoms with Gasteiger partial charge < -0.3 is 15.4 Å². The number of nitrogens with one attached hydrogen (secondary N) is 2. The summed E-state index contributed by atoms with van der Waals surface area (Å²) < 4.78 is 5.01. The van der Waals surface area contributed by atoms with E-state index in [2.05, 4.69) is 10.6 Å². The number of hydrogen-bond acceptors (Lipinski definition) is 5. The molecular weight excluding hydrogens is 274 g/mol. The fraction of sp³-hybridized carbons (Fsp3) is 0.786. The minimum atomic E-state index is -0.638. The highest BCUT2D eigenvalue weighted by atomic mass is 16.5. The summed E-state index contributed by atoms with van der Waals surface area (Å²) in [6.45, 7) is 7.14. The van der Waals surface area contributed by atoms with Gasteiger partial charge in [-0.15, -0.1) is 0 Å². The minimum absolute atomic E-state index is 0.0270. The molecule has 1 saturated heterocycles. The molecule has 120 valence electrons. The van der Waals surface area contributed by atoms with Crippen LogP contribution < -0.4 is 10.6 Å². The summed E-state index contributed by atoms with van der Waals surface area (Å²) in [5.74, 6) is -0.785. The maximum absolute atomic E-state index is 11.9. The van der Waals surface area contributed by atoms with Crippen molar-refractivity contribution < 1.29 is 19.1 Å². The zero-order valence-corrected chi connectivity index (χ0v) is 13.0. The van der Waals surface area contributed by atoms with E-state index in [0.29, 0.717) is 19.7 Å². The molecular formula is C14H25N3O4. The van der Waals surface area contributed by atoms with E-state index in [0.717, 1.165) is 6.42 Å². The van der Waals surface area contributed by atoms with Crippen LogP contribution in [-0.2, 0) is 19.1 Å². The van der Waals surface area contributed by atoms with E-state index in [4.69, 9.17) is 4.74 Å². The van der Waals surface area contributed by atoms with Crippen molar-refractivity contribution in [3.63, 3.8) is 0 Å². The van der Waals surface area contributed by atoms with E-state index in [1.54, 1.807) is 4.90 Å². The van der Waals surface area contributed by atoms with E-state index < -0.39 is 12.0 Å². The van der Waals surface area contributed by atoms with Gasteiger partial charge in [0.2, 0.25) is 11.8 Å². The van der Waals surface area contributed by atoms with Gasteiger partial charge in [0, 0.05) is 19.1 Å².